The van der Waals surface area contributed by atoms with Crippen LogP contribution >= 0.6 is 0 Å². The molecule has 0 atom stereocenters. The smallest absolute Gasteiger partial charge is 0.219 e. The van der Waals surface area contributed by atoms with Gasteiger partial charge in [-0.2, -0.15) is 0 Å². The average molecular weight is 128 g/mol. The summed E-state index contributed by atoms with van der Waals surface area (Å²) in [5, 5.41) is 0. The molecule has 0 aliphatic rings. The fourth-order valence-electron chi connectivity index (χ4n) is 0.506. The van der Waals surface area contributed by atoms with E-state index in [-0.39, 0.29) is 5.91 Å². The van der Waals surface area contributed by atoms with E-state index < -0.39 is 0 Å². The number of hydrogen-bond donors (Lipinski definition) is 0. The summed E-state index contributed by atoms with van der Waals surface area (Å²) in [6.45, 7) is 6.08. The van der Waals surface area contributed by atoms with E-state index in [1.807, 2.05) is 0 Å². The van der Waals surface area contributed by atoms with Crippen molar-refractivity contribution < 1.29 is 4.79 Å². The van der Waals surface area contributed by atoms with Crippen molar-refractivity contribution in [3.05, 3.63) is 6.92 Å². The number of nitrogens with zero attached hydrogens (tertiary/aromatic N) is 1. The van der Waals surface area contributed by atoms with E-state index in [0.717, 1.165) is 19.4 Å². The van der Waals surface area contributed by atoms with Gasteiger partial charge in [0.15, 0.2) is 0 Å². The first-order valence-electron chi connectivity index (χ1n) is 3.19. The summed E-state index contributed by atoms with van der Waals surface area (Å²) < 4.78 is 0. The van der Waals surface area contributed by atoms with Gasteiger partial charge in [-0.15, -0.1) is 0 Å². The van der Waals surface area contributed by atoms with Crippen LogP contribution < -0.4 is 0 Å². The summed E-state index contributed by atoms with van der Waals surface area (Å²) in [6.07, 6.45) is 1.90. The molecule has 0 unspecified atom stereocenters. The van der Waals surface area contributed by atoms with E-state index >= 15 is 0 Å². The first-order chi connectivity index (χ1) is 4.18. The van der Waals surface area contributed by atoms with Crippen molar-refractivity contribution >= 4 is 5.91 Å². The first kappa shape index (κ1) is 8.47. The molecule has 0 bridgehead atoms. The Morgan fingerprint density at radius 1 is 1.67 bits per heavy atom. The molecular formula is C7H14NO. The van der Waals surface area contributed by atoms with E-state index in [0.29, 0.717) is 0 Å². The van der Waals surface area contributed by atoms with Crippen LogP contribution in [0.3, 0.4) is 0 Å². The minimum Gasteiger partial charge on any atom is -0.346 e. The van der Waals surface area contributed by atoms with E-state index in [4.69, 9.17) is 0 Å². The zero-order valence-electron chi connectivity index (χ0n) is 6.18. The van der Waals surface area contributed by atoms with Crippen LogP contribution in [-0.4, -0.2) is 24.4 Å². The highest BCUT2D eigenvalue weighted by Crippen LogP contribution is 1.90. The van der Waals surface area contributed by atoms with Crippen molar-refractivity contribution in [3.8, 4) is 0 Å². The second kappa shape index (κ2) is 4.36. The molecule has 0 aromatic carbocycles. The summed E-state index contributed by atoms with van der Waals surface area (Å²) in [6, 6.07) is 0. The van der Waals surface area contributed by atoms with Crippen molar-refractivity contribution in [2.24, 2.45) is 0 Å². The molecule has 1 radical (unpaired) electrons. The van der Waals surface area contributed by atoms with Crippen molar-refractivity contribution in [2.75, 3.05) is 13.6 Å². The Bertz CT molecular complexity index is 90.9. The molecule has 2 nitrogen and oxygen atoms in total. The predicted octanol–water partition coefficient (Wildman–Crippen LogP) is 1.08. The molecule has 0 aliphatic carbocycles. The van der Waals surface area contributed by atoms with E-state index in [1.54, 1.807) is 18.9 Å². The molecule has 0 aromatic heterocycles. The second-order valence-electron chi connectivity index (χ2n) is 2.15. The zero-order valence-corrected chi connectivity index (χ0v) is 6.18. The molecule has 0 rings (SSSR count). The molecule has 1 amide bonds. The zero-order chi connectivity index (χ0) is 7.28. The number of hydrogen-bond acceptors (Lipinski definition) is 1. The van der Waals surface area contributed by atoms with E-state index in [1.165, 1.54) is 0 Å². The Labute approximate surface area is 56.9 Å². The third-order valence-corrected chi connectivity index (χ3v) is 1.28. The van der Waals surface area contributed by atoms with Crippen LogP contribution in [0.15, 0.2) is 0 Å². The molecule has 0 spiro atoms. The van der Waals surface area contributed by atoms with Crippen molar-refractivity contribution in [2.45, 2.75) is 19.8 Å². The molecule has 0 saturated heterocycles. The van der Waals surface area contributed by atoms with Crippen LogP contribution in [0.4, 0.5) is 0 Å². The fourth-order valence-corrected chi connectivity index (χ4v) is 0.506. The van der Waals surface area contributed by atoms with Gasteiger partial charge in [0.25, 0.3) is 0 Å². The highest BCUT2D eigenvalue weighted by molar-refractivity contribution is 5.72. The quantitative estimate of drug-likeness (QED) is 0.557. The Hall–Kier alpha value is -0.530. The molecule has 0 saturated carbocycles. The minimum absolute atomic E-state index is 0.128. The van der Waals surface area contributed by atoms with Gasteiger partial charge in [-0.25, -0.2) is 0 Å². The Kier molecular flexibility index (Phi) is 4.10. The molecule has 9 heavy (non-hydrogen) atoms. The third-order valence-electron chi connectivity index (χ3n) is 1.28. The summed E-state index contributed by atoms with van der Waals surface area (Å²) >= 11 is 0. The van der Waals surface area contributed by atoms with Crippen LogP contribution in [0.25, 0.3) is 0 Å². The van der Waals surface area contributed by atoms with Gasteiger partial charge >= 0.3 is 0 Å². The van der Waals surface area contributed by atoms with Gasteiger partial charge in [0, 0.05) is 20.5 Å². The van der Waals surface area contributed by atoms with E-state index in [2.05, 4.69) is 6.92 Å². The van der Waals surface area contributed by atoms with Gasteiger partial charge < -0.3 is 4.90 Å². The van der Waals surface area contributed by atoms with Gasteiger partial charge in [-0.3, -0.25) is 4.79 Å². The van der Waals surface area contributed by atoms with Crippen molar-refractivity contribution in [1.82, 2.24) is 4.90 Å². The average Bonchev–Trinajstić information content (AvgIpc) is 1.82. The molecule has 2 heteroatoms. The molecule has 53 valence electrons. The number of rotatable bonds is 3. The summed E-state index contributed by atoms with van der Waals surface area (Å²) in [5.74, 6) is 0.128. The predicted molar refractivity (Wildman–Crippen MR) is 37.9 cm³/mol. The van der Waals surface area contributed by atoms with Crippen LogP contribution in [-0.2, 0) is 4.79 Å². The molecule has 0 heterocycles. The highest BCUT2D eigenvalue weighted by atomic mass is 16.2. The number of amides is 1. The topological polar surface area (TPSA) is 20.3 Å². The van der Waals surface area contributed by atoms with Gasteiger partial charge in [-0.1, -0.05) is 13.3 Å². The van der Waals surface area contributed by atoms with Crippen molar-refractivity contribution in [1.29, 1.82) is 0 Å². The lowest BCUT2D eigenvalue weighted by Crippen LogP contribution is -2.24. The number of carbonyl (C=O) groups is 1. The lowest BCUT2D eigenvalue weighted by Gasteiger charge is -2.12. The monoisotopic (exact) mass is 128 g/mol. The fraction of sp³-hybridized carbons (Fsp3) is 0.714. The van der Waals surface area contributed by atoms with Crippen LogP contribution in [0.2, 0.25) is 0 Å². The van der Waals surface area contributed by atoms with Crippen LogP contribution in [0, 0.1) is 6.92 Å². The Morgan fingerprint density at radius 2 is 2.22 bits per heavy atom. The normalized spacial score (nSPS) is 9.22. The van der Waals surface area contributed by atoms with Crippen molar-refractivity contribution in [3.63, 3.8) is 0 Å². The summed E-state index contributed by atoms with van der Waals surface area (Å²) in [5.41, 5.74) is 0. The Balaban J connectivity index is 3.27. The number of unbranched alkanes of at least 4 members (excludes halogenated alkanes) is 1. The SMILES string of the molecule is [CH2]CCCN(C)C(C)=O. The molecular weight excluding hydrogens is 114 g/mol. The minimum atomic E-state index is 0.128. The maximum absolute atomic E-state index is 10.6. The third kappa shape index (κ3) is 4.01. The van der Waals surface area contributed by atoms with Gasteiger partial charge in [0.05, 0.1) is 0 Å². The standard InChI is InChI=1S/C7H14NO/c1-4-5-6-8(3)7(2)9/h1,4-6H2,2-3H3. The Morgan fingerprint density at radius 3 is 2.56 bits per heavy atom. The van der Waals surface area contributed by atoms with Gasteiger partial charge in [0.1, 0.15) is 0 Å². The lowest BCUT2D eigenvalue weighted by molar-refractivity contribution is -0.127. The number of carbonyl (C=O) groups excluding carboxylic acids is 1. The largest absolute Gasteiger partial charge is 0.346 e. The second-order valence-corrected chi connectivity index (χ2v) is 2.15. The highest BCUT2D eigenvalue weighted by Gasteiger charge is 1.98. The molecule has 0 aliphatic heterocycles. The summed E-state index contributed by atoms with van der Waals surface area (Å²) in [7, 11) is 1.80. The molecule has 0 fully saturated rings. The van der Waals surface area contributed by atoms with Crippen LogP contribution in [0.5, 0.6) is 0 Å². The molecule has 0 N–H and O–H groups in total. The lowest BCUT2D eigenvalue weighted by atomic mass is 10.3. The maximum atomic E-state index is 10.6. The maximum Gasteiger partial charge on any atom is 0.219 e. The van der Waals surface area contributed by atoms with Crippen LogP contribution in [0.1, 0.15) is 19.8 Å². The molecule has 0 aromatic rings. The van der Waals surface area contributed by atoms with Gasteiger partial charge in [-0.05, 0) is 6.42 Å². The summed E-state index contributed by atoms with van der Waals surface area (Å²) in [4.78, 5) is 12.3. The van der Waals surface area contributed by atoms with Gasteiger partial charge in [0.2, 0.25) is 5.91 Å². The van der Waals surface area contributed by atoms with E-state index in [9.17, 15) is 4.79 Å². The first-order valence-corrected chi connectivity index (χ1v) is 3.19.